The van der Waals surface area contributed by atoms with E-state index in [0.717, 1.165) is 12.8 Å². The second kappa shape index (κ2) is 8.05. The van der Waals surface area contributed by atoms with Gasteiger partial charge in [-0.05, 0) is 48.4 Å². The minimum atomic E-state index is -0.538. The van der Waals surface area contributed by atoms with Crippen molar-refractivity contribution >= 4 is 12.1 Å². The van der Waals surface area contributed by atoms with Crippen LogP contribution in [0.5, 0.6) is 0 Å². The summed E-state index contributed by atoms with van der Waals surface area (Å²) in [6.45, 7) is 2.88. The normalized spacial score (nSPS) is 18.3. The maximum atomic E-state index is 12.8. The van der Waals surface area contributed by atoms with Crippen molar-refractivity contribution < 1.29 is 19.1 Å². The van der Waals surface area contributed by atoms with Crippen LogP contribution in [0.4, 0.5) is 4.79 Å². The molecular weight excluding hydrogens is 354 g/mol. The van der Waals surface area contributed by atoms with Gasteiger partial charge in [-0.15, -0.1) is 0 Å². The molecule has 1 atom stereocenters. The fourth-order valence-corrected chi connectivity index (χ4v) is 4.31. The second-order valence-electron chi connectivity index (χ2n) is 7.26. The topological polar surface area (TPSA) is 55.8 Å². The number of carbonyl (C=O) groups excluding carboxylic acids is 2. The molecule has 2 aromatic rings. The Hall–Kier alpha value is -2.82. The number of fused-ring (bicyclic) bond motifs is 3. The van der Waals surface area contributed by atoms with E-state index in [1.54, 1.807) is 6.92 Å². The number of benzene rings is 2. The molecule has 0 spiro atoms. The van der Waals surface area contributed by atoms with E-state index >= 15 is 0 Å². The highest BCUT2D eigenvalue weighted by Crippen LogP contribution is 2.44. The molecule has 28 heavy (non-hydrogen) atoms. The van der Waals surface area contributed by atoms with Crippen LogP contribution in [0.1, 0.15) is 43.2 Å². The minimum Gasteiger partial charge on any atom is -0.464 e. The average Bonchev–Trinajstić information content (AvgIpc) is 3.06. The molecule has 0 saturated carbocycles. The molecule has 0 radical (unpaired) electrons. The minimum absolute atomic E-state index is 0.0159. The van der Waals surface area contributed by atoms with Gasteiger partial charge < -0.3 is 9.47 Å². The Balaban J connectivity index is 1.49. The Morgan fingerprint density at radius 1 is 0.964 bits per heavy atom. The highest BCUT2D eigenvalue weighted by molar-refractivity contribution is 5.82. The largest absolute Gasteiger partial charge is 0.464 e. The van der Waals surface area contributed by atoms with Gasteiger partial charge in [0.15, 0.2) is 0 Å². The molecule has 0 bridgehead atoms. The number of esters is 1. The third kappa shape index (κ3) is 3.37. The Morgan fingerprint density at radius 3 is 2.25 bits per heavy atom. The van der Waals surface area contributed by atoms with Gasteiger partial charge in [-0.1, -0.05) is 48.5 Å². The number of hydrogen-bond donors (Lipinski definition) is 0. The molecule has 4 rings (SSSR count). The first-order valence-corrected chi connectivity index (χ1v) is 9.99. The van der Waals surface area contributed by atoms with Gasteiger partial charge in [0.05, 0.1) is 6.61 Å². The van der Waals surface area contributed by atoms with Gasteiger partial charge >= 0.3 is 12.1 Å². The molecule has 1 fully saturated rings. The maximum Gasteiger partial charge on any atom is 0.410 e. The molecule has 146 valence electrons. The lowest BCUT2D eigenvalue weighted by atomic mass is 9.98. The summed E-state index contributed by atoms with van der Waals surface area (Å²) in [4.78, 5) is 26.6. The van der Waals surface area contributed by atoms with Crippen LogP contribution in [0, 0.1) is 0 Å². The van der Waals surface area contributed by atoms with Crippen molar-refractivity contribution in [2.75, 3.05) is 19.8 Å². The molecular formula is C23H25NO4. The summed E-state index contributed by atoms with van der Waals surface area (Å²) in [5.41, 5.74) is 4.75. The second-order valence-corrected chi connectivity index (χ2v) is 7.26. The van der Waals surface area contributed by atoms with E-state index in [0.29, 0.717) is 19.6 Å². The van der Waals surface area contributed by atoms with E-state index in [2.05, 4.69) is 24.3 Å². The number of hydrogen-bond acceptors (Lipinski definition) is 4. The summed E-state index contributed by atoms with van der Waals surface area (Å²) in [5.74, 6) is -0.321. The molecule has 1 aliphatic carbocycles. The molecule has 1 heterocycles. The monoisotopic (exact) mass is 379 g/mol. The van der Waals surface area contributed by atoms with E-state index in [1.807, 2.05) is 24.3 Å². The third-order valence-electron chi connectivity index (χ3n) is 5.63. The SMILES string of the molecule is CCOC(=O)C1CCCCN1C(=O)OCC1c2ccccc2-c2ccccc21. The van der Waals surface area contributed by atoms with Crippen molar-refractivity contribution in [1.29, 1.82) is 0 Å². The van der Waals surface area contributed by atoms with E-state index < -0.39 is 12.1 Å². The Bertz CT molecular complexity index is 833. The van der Waals surface area contributed by atoms with Gasteiger partial charge in [-0.25, -0.2) is 9.59 Å². The first-order valence-electron chi connectivity index (χ1n) is 9.99. The summed E-state index contributed by atoms with van der Waals surface area (Å²) >= 11 is 0. The van der Waals surface area contributed by atoms with Crippen LogP contribution in [0.2, 0.25) is 0 Å². The van der Waals surface area contributed by atoms with E-state index in [4.69, 9.17) is 9.47 Å². The van der Waals surface area contributed by atoms with Crippen molar-refractivity contribution in [3.63, 3.8) is 0 Å². The maximum absolute atomic E-state index is 12.8. The van der Waals surface area contributed by atoms with Crippen LogP contribution in [-0.2, 0) is 14.3 Å². The van der Waals surface area contributed by atoms with E-state index in [9.17, 15) is 9.59 Å². The summed E-state index contributed by atoms with van der Waals surface area (Å²) in [6.07, 6.45) is 1.99. The Kier molecular flexibility index (Phi) is 5.33. The van der Waals surface area contributed by atoms with Gasteiger partial charge in [0, 0.05) is 12.5 Å². The molecule has 0 aromatic heterocycles. The first kappa shape index (κ1) is 18.5. The predicted molar refractivity (Wildman–Crippen MR) is 106 cm³/mol. The summed E-state index contributed by atoms with van der Waals surface area (Å²) in [7, 11) is 0. The number of nitrogens with zero attached hydrogens (tertiary/aromatic N) is 1. The summed E-state index contributed by atoms with van der Waals surface area (Å²) in [5, 5.41) is 0. The fourth-order valence-electron chi connectivity index (χ4n) is 4.31. The molecule has 1 unspecified atom stereocenters. The molecule has 2 aliphatic rings. The third-order valence-corrected chi connectivity index (χ3v) is 5.63. The highest BCUT2D eigenvalue weighted by Gasteiger charge is 2.35. The predicted octanol–water partition coefficient (Wildman–Crippen LogP) is 4.35. The molecule has 1 aliphatic heterocycles. The smallest absolute Gasteiger partial charge is 0.410 e. The number of likely N-dealkylation sites (tertiary alicyclic amines) is 1. The molecule has 5 heteroatoms. The summed E-state index contributed by atoms with van der Waals surface area (Å²) < 4.78 is 10.9. The molecule has 2 aromatic carbocycles. The zero-order chi connectivity index (χ0) is 19.5. The van der Waals surface area contributed by atoms with E-state index in [1.165, 1.54) is 27.2 Å². The van der Waals surface area contributed by atoms with Crippen molar-refractivity contribution in [3.05, 3.63) is 59.7 Å². The van der Waals surface area contributed by atoms with Crippen molar-refractivity contribution in [1.82, 2.24) is 4.90 Å². The van der Waals surface area contributed by atoms with Crippen LogP contribution >= 0.6 is 0 Å². The van der Waals surface area contributed by atoms with Gasteiger partial charge in [0.2, 0.25) is 0 Å². The lowest BCUT2D eigenvalue weighted by Gasteiger charge is -2.33. The average molecular weight is 379 g/mol. The Labute approximate surface area is 165 Å². The van der Waals surface area contributed by atoms with Gasteiger partial charge in [-0.2, -0.15) is 0 Å². The summed E-state index contributed by atoms with van der Waals surface area (Å²) in [6, 6.07) is 16.0. The van der Waals surface area contributed by atoms with Crippen LogP contribution in [0.15, 0.2) is 48.5 Å². The van der Waals surface area contributed by atoms with Crippen molar-refractivity contribution in [2.24, 2.45) is 0 Å². The fraction of sp³-hybridized carbons (Fsp3) is 0.391. The quantitative estimate of drug-likeness (QED) is 0.741. The van der Waals surface area contributed by atoms with Gasteiger partial charge in [0.25, 0.3) is 0 Å². The van der Waals surface area contributed by atoms with Gasteiger partial charge in [-0.3, -0.25) is 4.90 Å². The van der Waals surface area contributed by atoms with Crippen LogP contribution in [0.3, 0.4) is 0 Å². The van der Waals surface area contributed by atoms with E-state index in [-0.39, 0.29) is 18.5 Å². The number of amides is 1. The zero-order valence-corrected chi connectivity index (χ0v) is 16.1. The molecule has 0 N–H and O–H groups in total. The van der Waals surface area contributed by atoms with Crippen LogP contribution in [0.25, 0.3) is 11.1 Å². The van der Waals surface area contributed by atoms with Crippen molar-refractivity contribution in [3.8, 4) is 11.1 Å². The molecule has 1 amide bonds. The van der Waals surface area contributed by atoms with Gasteiger partial charge in [0.1, 0.15) is 12.6 Å². The molecule has 5 nitrogen and oxygen atoms in total. The number of ether oxygens (including phenoxy) is 2. The number of rotatable bonds is 4. The first-order chi connectivity index (χ1) is 13.7. The lowest BCUT2D eigenvalue weighted by molar-refractivity contribution is -0.150. The van der Waals surface area contributed by atoms with Crippen molar-refractivity contribution in [2.45, 2.75) is 38.1 Å². The Morgan fingerprint density at radius 2 is 1.61 bits per heavy atom. The number of carbonyl (C=O) groups is 2. The van der Waals surface area contributed by atoms with Crippen LogP contribution in [-0.4, -0.2) is 42.8 Å². The number of piperidine rings is 1. The molecule has 1 saturated heterocycles. The highest BCUT2D eigenvalue weighted by atomic mass is 16.6. The standard InChI is InChI=1S/C23H25NO4/c1-2-27-22(25)21-13-7-8-14-24(21)23(26)28-15-20-18-11-5-3-9-16(18)17-10-4-6-12-19(17)20/h3-6,9-12,20-21H,2,7-8,13-15H2,1H3. The van der Waals surface area contributed by atoms with Crippen LogP contribution < -0.4 is 0 Å². The lowest BCUT2D eigenvalue weighted by Crippen LogP contribution is -2.49. The zero-order valence-electron chi connectivity index (χ0n) is 16.1.